The summed E-state index contributed by atoms with van der Waals surface area (Å²) < 4.78 is 0. The van der Waals surface area contributed by atoms with Gasteiger partial charge >= 0.3 is 0 Å². The van der Waals surface area contributed by atoms with E-state index in [2.05, 4.69) is 13.8 Å². The molecule has 36 heavy (non-hydrogen) atoms. The second-order valence-electron chi connectivity index (χ2n) is 10.4. The smallest absolute Gasteiger partial charge is 0.163 e. The summed E-state index contributed by atoms with van der Waals surface area (Å²) in [6.07, 6.45) is 20.8. The largest absolute Gasteiger partial charge is 0.294 e. The quantitative estimate of drug-likeness (QED) is 0.129. The van der Waals surface area contributed by atoms with Crippen molar-refractivity contribution in [2.45, 2.75) is 129 Å². The van der Waals surface area contributed by atoms with Crippen LogP contribution in [0.2, 0.25) is 0 Å². The number of hydrogen-bond donors (Lipinski definition) is 0. The molecule has 0 saturated heterocycles. The van der Waals surface area contributed by atoms with Crippen LogP contribution in [-0.2, 0) is 0 Å². The molecule has 0 amide bonds. The van der Waals surface area contributed by atoms with Gasteiger partial charge in [-0.1, -0.05) is 152 Å². The fraction of sp³-hybridized carbons (Fsp3) is 0.588. The zero-order chi connectivity index (χ0) is 25.8. The summed E-state index contributed by atoms with van der Waals surface area (Å²) in [5.74, 6) is 0.392. The number of carbonyl (C=O) groups is 2. The molecule has 0 saturated carbocycles. The lowest BCUT2D eigenvalue weighted by atomic mass is 9.89. The van der Waals surface area contributed by atoms with Gasteiger partial charge < -0.3 is 0 Å². The molecule has 2 nitrogen and oxygen atoms in total. The van der Waals surface area contributed by atoms with Crippen molar-refractivity contribution >= 4 is 11.6 Å². The highest BCUT2D eigenvalue weighted by Gasteiger charge is 2.17. The molecule has 0 radical (unpaired) electrons. The summed E-state index contributed by atoms with van der Waals surface area (Å²) in [6, 6.07) is 15.7. The maximum atomic E-state index is 13.1. The van der Waals surface area contributed by atoms with Gasteiger partial charge in [0, 0.05) is 24.0 Å². The van der Waals surface area contributed by atoms with Crippen molar-refractivity contribution in [2.75, 3.05) is 0 Å². The van der Waals surface area contributed by atoms with Crippen LogP contribution in [0.4, 0.5) is 0 Å². The van der Waals surface area contributed by atoms with Gasteiger partial charge in [0.15, 0.2) is 11.6 Å². The lowest BCUT2D eigenvalue weighted by Crippen LogP contribution is -2.06. The number of hydrogen-bond acceptors (Lipinski definition) is 2. The predicted octanol–water partition coefficient (Wildman–Crippen LogP) is 10.8. The Labute approximate surface area is 221 Å². The Morgan fingerprint density at radius 2 is 0.750 bits per heavy atom. The maximum absolute atomic E-state index is 13.1. The van der Waals surface area contributed by atoms with Crippen molar-refractivity contribution < 1.29 is 9.59 Å². The third-order valence-corrected chi connectivity index (χ3v) is 7.26. The summed E-state index contributed by atoms with van der Waals surface area (Å²) in [5, 5.41) is 0. The van der Waals surface area contributed by atoms with Crippen LogP contribution in [0.25, 0.3) is 11.1 Å². The van der Waals surface area contributed by atoms with Gasteiger partial charge in [-0.15, -0.1) is 0 Å². The highest BCUT2D eigenvalue weighted by Crippen LogP contribution is 2.30. The van der Waals surface area contributed by atoms with E-state index in [1.54, 1.807) is 0 Å². The molecule has 0 aliphatic rings. The first-order chi connectivity index (χ1) is 17.7. The molecule has 2 aromatic rings. The molecule has 0 aliphatic carbocycles. The number of unbranched alkanes of at least 4 members (excludes halogenated alkanes) is 14. The van der Waals surface area contributed by atoms with Gasteiger partial charge in [-0.2, -0.15) is 0 Å². The molecule has 0 fully saturated rings. The number of benzene rings is 2. The van der Waals surface area contributed by atoms with Gasteiger partial charge in [-0.25, -0.2) is 0 Å². The zero-order valence-electron chi connectivity index (χ0n) is 23.2. The molecule has 0 unspecified atom stereocenters. The Morgan fingerprint density at radius 1 is 0.444 bits per heavy atom. The number of Topliss-reactive ketones (excluding diaryl/α,β-unsaturated/α-hetero) is 2. The summed E-state index contributed by atoms with van der Waals surface area (Å²) in [5.41, 5.74) is 3.32. The predicted molar refractivity (Wildman–Crippen MR) is 155 cm³/mol. The van der Waals surface area contributed by atoms with Gasteiger partial charge in [0.2, 0.25) is 0 Å². The van der Waals surface area contributed by atoms with Gasteiger partial charge in [0.05, 0.1) is 0 Å². The van der Waals surface area contributed by atoms with Crippen LogP contribution in [0.15, 0.2) is 48.5 Å². The highest BCUT2D eigenvalue weighted by molar-refractivity contribution is 6.07. The van der Waals surface area contributed by atoms with E-state index in [4.69, 9.17) is 0 Å². The van der Waals surface area contributed by atoms with Crippen LogP contribution in [-0.4, -0.2) is 11.6 Å². The van der Waals surface area contributed by atoms with Gasteiger partial charge in [-0.3, -0.25) is 9.59 Å². The summed E-state index contributed by atoms with van der Waals surface area (Å²) in [6.45, 7) is 4.49. The van der Waals surface area contributed by atoms with Gasteiger partial charge in [-0.05, 0) is 24.0 Å². The minimum Gasteiger partial charge on any atom is -0.294 e. The van der Waals surface area contributed by atoms with Crippen LogP contribution in [0.3, 0.4) is 0 Å². The molecule has 2 rings (SSSR count). The van der Waals surface area contributed by atoms with E-state index in [9.17, 15) is 9.59 Å². The standard InChI is InChI=1S/C34H50O2/c1-3-5-7-9-11-13-15-17-27-33(35)31-25-21-19-23-29(31)30-24-20-22-26-32(30)34(36)28-18-16-14-12-10-8-6-4-2/h19-26H,3-18,27-28H2,1-2H3. The van der Waals surface area contributed by atoms with E-state index in [-0.39, 0.29) is 11.6 Å². The van der Waals surface area contributed by atoms with Crippen LogP contribution in [0.1, 0.15) is 150 Å². The minimum atomic E-state index is 0.196. The first-order valence-electron chi connectivity index (χ1n) is 14.9. The van der Waals surface area contributed by atoms with Crippen LogP contribution in [0.5, 0.6) is 0 Å². The fourth-order valence-electron chi connectivity index (χ4n) is 5.03. The number of rotatable bonds is 21. The second kappa shape index (κ2) is 19.0. The summed E-state index contributed by atoms with van der Waals surface area (Å²) in [4.78, 5) is 26.3. The van der Waals surface area contributed by atoms with E-state index in [0.29, 0.717) is 12.8 Å². The molecular weight excluding hydrogens is 440 g/mol. The normalized spacial score (nSPS) is 11.1. The molecule has 0 bridgehead atoms. The maximum Gasteiger partial charge on any atom is 0.163 e. The number of carbonyl (C=O) groups excluding carboxylic acids is 2. The summed E-state index contributed by atoms with van der Waals surface area (Å²) >= 11 is 0. The topological polar surface area (TPSA) is 34.1 Å². The van der Waals surface area contributed by atoms with Crippen molar-refractivity contribution in [3.63, 3.8) is 0 Å². The average molecular weight is 491 g/mol. The lowest BCUT2D eigenvalue weighted by molar-refractivity contribution is 0.0970. The fourth-order valence-corrected chi connectivity index (χ4v) is 5.03. The first kappa shape index (κ1) is 30.0. The van der Waals surface area contributed by atoms with E-state index < -0.39 is 0 Å². The van der Waals surface area contributed by atoms with Crippen LogP contribution < -0.4 is 0 Å². The molecule has 0 aliphatic heterocycles. The molecule has 198 valence electrons. The monoisotopic (exact) mass is 490 g/mol. The highest BCUT2D eigenvalue weighted by atomic mass is 16.1. The van der Waals surface area contributed by atoms with E-state index in [1.807, 2.05) is 48.5 Å². The summed E-state index contributed by atoms with van der Waals surface area (Å²) in [7, 11) is 0. The van der Waals surface area contributed by atoms with E-state index in [0.717, 1.165) is 47.9 Å². The third kappa shape index (κ3) is 11.2. The minimum absolute atomic E-state index is 0.196. The second-order valence-corrected chi connectivity index (χ2v) is 10.4. The Hall–Kier alpha value is -2.22. The van der Waals surface area contributed by atoms with E-state index >= 15 is 0 Å². The van der Waals surface area contributed by atoms with Gasteiger partial charge in [0.1, 0.15) is 0 Å². The van der Waals surface area contributed by atoms with Crippen molar-refractivity contribution in [3.05, 3.63) is 59.7 Å². The molecular formula is C34H50O2. The SMILES string of the molecule is CCCCCCCCCCC(=O)c1ccccc1-c1ccccc1C(=O)CCCCCCCCCC. The lowest BCUT2D eigenvalue weighted by Gasteiger charge is -2.13. The Bertz CT molecular complexity index is 809. The van der Waals surface area contributed by atoms with Crippen LogP contribution in [0, 0.1) is 0 Å². The molecule has 2 aromatic carbocycles. The Balaban J connectivity index is 1.91. The molecule has 0 heterocycles. The molecule has 2 heteroatoms. The van der Waals surface area contributed by atoms with Crippen molar-refractivity contribution in [1.82, 2.24) is 0 Å². The molecule has 0 spiro atoms. The third-order valence-electron chi connectivity index (χ3n) is 7.26. The molecule has 0 N–H and O–H groups in total. The average Bonchev–Trinajstić information content (AvgIpc) is 2.91. The zero-order valence-corrected chi connectivity index (χ0v) is 23.2. The van der Waals surface area contributed by atoms with E-state index in [1.165, 1.54) is 77.0 Å². The van der Waals surface area contributed by atoms with Crippen molar-refractivity contribution in [1.29, 1.82) is 0 Å². The molecule has 0 aromatic heterocycles. The van der Waals surface area contributed by atoms with Gasteiger partial charge in [0.25, 0.3) is 0 Å². The Morgan fingerprint density at radius 3 is 1.11 bits per heavy atom. The van der Waals surface area contributed by atoms with Crippen molar-refractivity contribution in [2.24, 2.45) is 0 Å². The Kier molecular flexibility index (Phi) is 15.8. The van der Waals surface area contributed by atoms with Crippen molar-refractivity contribution in [3.8, 4) is 11.1 Å². The van der Waals surface area contributed by atoms with Crippen LogP contribution >= 0.6 is 0 Å². The first-order valence-corrected chi connectivity index (χ1v) is 14.9. The molecule has 0 atom stereocenters. The number of ketones is 2.